The van der Waals surface area contributed by atoms with Crippen LogP contribution in [0.4, 0.5) is 0 Å². The van der Waals surface area contributed by atoms with Gasteiger partial charge in [-0.05, 0) is 23.1 Å². The highest BCUT2D eigenvalue weighted by atomic mass is 79.9. The number of halogens is 2. The molecule has 0 spiro atoms. The summed E-state index contributed by atoms with van der Waals surface area (Å²) in [6, 6.07) is 6.55. The minimum absolute atomic E-state index is 0.188. The molecule has 0 aromatic heterocycles. The van der Waals surface area contributed by atoms with Gasteiger partial charge >= 0.3 is 0 Å². The Hall–Kier alpha value is -0.0900. The third-order valence-electron chi connectivity index (χ3n) is 3.59. The number of nitrogens with one attached hydrogen (secondary N) is 1. The van der Waals surface area contributed by atoms with Crippen molar-refractivity contribution < 1.29 is 0 Å². The molecule has 1 N–H and O–H groups in total. The summed E-state index contributed by atoms with van der Waals surface area (Å²) in [7, 11) is 0. The van der Waals surface area contributed by atoms with Gasteiger partial charge in [0.1, 0.15) is 0 Å². The van der Waals surface area contributed by atoms with E-state index in [2.05, 4.69) is 53.0 Å². The van der Waals surface area contributed by atoms with Crippen molar-refractivity contribution in [3.05, 3.63) is 33.3 Å². The lowest BCUT2D eigenvalue weighted by atomic mass is 9.81. The van der Waals surface area contributed by atoms with Crippen molar-refractivity contribution in [2.45, 2.75) is 26.8 Å². The van der Waals surface area contributed by atoms with Gasteiger partial charge in [-0.25, -0.2) is 0 Å². The van der Waals surface area contributed by atoms with Gasteiger partial charge in [0.2, 0.25) is 0 Å². The molecule has 0 amide bonds. The normalized spacial score (nSPS) is 19.4. The molecular formula is C15H22BrClN2. The molecule has 0 unspecified atom stereocenters. The summed E-state index contributed by atoms with van der Waals surface area (Å²) in [6.07, 6.45) is 0. The van der Waals surface area contributed by atoms with Gasteiger partial charge in [0, 0.05) is 41.7 Å². The van der Waals surface area contributed by atoms with Crippen LogP contribution < -0.4 is 5.32 Å². The quantitative estimate of drug-likeness (QED) is 0.868. The summed E-state index contributed by atoms with van der Waals surface area (Å²) in [4.78, 5) is 2.57. The second-order valence-corrected chi connectivity index (χ2v) is 7.51. The van der Waals surface area contributed by atoms with E-state index in [1.54, 1.807) is 0 Å². The smallest absolute Gasteiger partial charge is 0.0417 e. The van der Waals surface area contributed by atoms with E-state index in [0.717, 1.165) is 35.7 Å². The summed E-state index contributed by atoms with van der Waals surface area (Å²) in [6.45, 7) is 11.2. The minimum atomic E-state index is 0.188. The Morgan fingerprint density at radius 2 is 1.89 bits per heavy atom. The SMILES string of the molecule is CC(C)(C)[C@H](c1ccc(Cl)cc1Br)N1CCNCC1. The van der Waals surface area contributed by atoms with Crippen molar-refractivity contribution in [1.82, 2.24) is 10.2 Å². The lowest BCUT2D eigenvalue weighted by molar-refractivity contribution is 0.0857. The molecule has 1 aliphatic heterocycles. The van der Waals surface area contributed by atoms with Gasteiger partial charge in [-0.2, -0.15) is 0 Å². The van der Waals surface area contributed by atoms with Gasteiger partial charge in [-0.3, -0.25) is 4.90 Å². The summed E-state index contributed by atoms with van der Waals surface area (Å²) < 4.78 is 1.11. The fraction of sp³-hybridized carbons (Fsp3) is 0.600. The van der Waals surface area contributed by atoms with E-state index in [1.807, 2.05) is 12.1 Å². The molecule has 1 atom stereocenters. The zero-order chi connectivity index (χ0) is 14.0. The molecule has 0 aliphatic carbocycles. The van der Waals surface area contributed by atoms with Crippen molar-refractivity contribution in [2.24, 2.45) is 5.41 Å². The zero-order valence-corrected chi connectivity index (χ0v) is 14.2. The molecule has 2 rings (SSSR count). The van der Waals surface area contributed by atoms with Crippen LogP contribution in [-0.4, -0.2) is 31.1 Å². The molecule has 1 heterocycles. The molecular weight excluding hydrogens is 324 g/mol. The van der Waals surface area contributed by atoms with Crippen molar-refractivity contribution in [3.8, 4) is 0 Å². The van der Waals surface area contributed by atoms with Crippen molar-refractivity contribution in [3.63, 3.8) is 0 Å². The van der Waals surface area contributed by atoms with E-state index >= 15 is 0 Å². The van der Waals surface area contributed by atoms with Gasteiger partial charge in [0.15, 0.2) is 0 Å². The first kappa shape index (κ1) is 15.3. The topological polar surface area (TPSA) is 15.3 Å². The maximum atomic E-state index is 6.07. The number of piperazine rings is 1. The second kappa shape index (κ2) is 6.13. The summed E-state index contributed by atoms with van der Waals surface area (Å²) in [5.74, 6) is 0. The zero-order valence-electron chi connectivity index (χ0n) is 11.8. The Kier molecular flexibility index (Phi) is 4.93. The minimum Gasteiger partial charge on any atom is -0.314 e. The molecule has 1 aliphatic rings. The average molecular weight is 346 g/mol. The van der Waals surface area contributed by atoms with E-state index in [9.17, 15) is 0 Å². The first-order valence-corrected chi connectivity index (χ1v) is 7.96. The third kappa shape index (κ3) is 3.72. The fourth-order valence-corrected chi connectivity index (χ4v) is 3.77. The first-order valence-electron chi connectivity index (χ1n) is 6.79. The molecule has 0 radical (unpaired) electrons. The van der Waals surface area contributed by atoms with E-state index in [0.29, 0.717) is 6.04 Å². The molecule has 2 nitrogen and oxygen atoms in total. The van der Waals surface area contributed by atoms with Crippen molar-refractivity contribution in [1.29, 1.82) is 0 Å². The highest BCUT2D eigenvalue weighted by Gasteiger charge is 2.33. The van der Waals surface area contributed by atoms with Crippen molar-refractivity contribution in [2.75, 3.05) is 26.2 Å². The van der Waals surface area contributed by atoms with Crippen LogP contribution in [0.2, 0.25) is 5.02 Å². The number of hydrogen-bond donors (Lipinski definition) is 1. The van der Waals surface area contributed by atoms with Crippen LogP contribution in [0.15, 0.2) is 22.7 Å². The third-order valence-corrected chi connectivity index (χ3v) is 4.52. The molecule has 0 bridgehead atoms. The Labute approximate surface area is 129 Å². The number of benzene rings is 1. The van der Waals surface area contributed by atoms with Gasteiger partial charge < -0.3 is 5.32 Å². The van der Waals surface area contributed by atoms with Crippen LogP contribution >= 0.6 is 27.5 Å². The Morgan fingerprint density at radius 3 is 2.42 bits per heavy atom. The molecule has 0 saturated carbocycles. The lowest BCUT2D eigenvalue weighted by Crippen LogP contribution is -2.48. The Morgan fingerprint density at radius 1 is 1.26 bits per heavy atom. The maximum Gasteiger partial charge on any atom is 0.0417 e. The predicted molar refractivity (Wildman–Crippen MR) is 85.8 cm³/mol. The molecule has 1 saturated heterocycles. The highest BCUT2D eigenvalue weighted by Crippen LogP contribution is 2.41. The van der Waals surface area contributed by atoms with E-state index < -0.39 is 0 Å². The fourth-order valence-electron chi connectivity index (χ4n) is 2.87. The Balaban J connectivity index is 2.36. The molecule has 4 heteroatoms. The van der Waals surface area contributed by atoms with Crippen LogP contribution in [0.3, 0.4) is 0 Å². The van der Waals surface area contributed by atoms with Crippen molar-refractivity contribution >= 4 is 27.5 Å². The molecule has 1 aromatic rings. The summed E-state index contributed by atoms with van der Waals surface area (Å²) in [5.41, 5.74) is 1.52. The van der Waals surface area contributed by atoms with E-state index in [-0.39, 0.29) is 5.41 Å². The van der Waals surface area contributed by atoms with Crippen LogP contribution in [0.5, 0.6) is 0 Å². The standard InChI is InChI=1S/C15H22BrClN2/c1-15(2,3)14(19-8-6-18-7-9-19)12-5-4-11(17)10-13(12)16/h4-5,10,14,18H,6-9H2,1-3H3/t14-/m0/s1. The van der Waals surface area contributed by atoms with Gasteiger partial charge in [0.25, 0.3) is 0 Å². The Bertz CT molecular complexity index is 436. The molecule has 106 valence electrons. The van der Waals surface area contributed by atoms with Gasteiger partial charge in [-0.1, -0.05) is 54.4 Å². The highest BCUT2D eigenvalue weighted by molar-refractivity contribution is 9.10. The van der Waals surface area contributed by atoms with Crippen LogP contribution in [-0.2, 0) is 0 Å². The summed E-state index contributed by atoms with van der Waals surface area (Å²) >= 11 is 9.75. The number of hydrogen-bond acceptors (Lipinski definition) is 2. The van der Waals surface area contributed by atoms with E-state index in [4.69, 9.17) is 11.6 Å². The van der Waals surface area contributed by atoms with Crippen LogP contribution in [0.25, 0.3) is 0 Å². The van der Waals surface area contributed by atoms with Crippen LogP contribution in [0, 0.1) is 5.41 Å². The van der Waals surface area contributed by atoms with E-state index in [1.165, 1.54) is 5.56 Å². The second-order valence-electron chi connectivity index (χ2n) is 6.22. The number of nitrogens with zero attached hydrogens (tertiary/aromatic N) is 1. The monoisotopic (exact) mass is 344 g/mol. The average Bonchev–Trinajstić information content (AvgIpc) is 2.32. The molecule has 1 fully saturated rings. The maximum absolute atomic E-state index is 6.07. The largest absolute Gasteiger partial charge is 0.314 e. The van der Waals surface area contributed by atoms with Crippen LogP contribution in [0.1, 0.15) is 32.4 Å². The molecule has 19 heavy (non-hydrogen) atoms. The first-order chi connectivity index (χ1) is 8.89. The lowest BCUT2D eigenvalue weighted by Gasteiger charge is -2.43. The molecule has 1 aromatic carbocycles. The summed E-state index contributed by atoms with van der Waals surface area (Å²) in [5, 5.41) is 4.20. The van der Waals surface area contributed by atoms with Gasteiger partial charge in [0.05, 0.1) is 0 Å². The number of rotatable bonds is 2. The van der Waals surface area contributed by atoms with Gasteiger partial charge in [-0.15, -0.1) is 0 Å². The predicted octanol–water partition coefficient (Wildman–Crippen LogP) is 4.09.